The molecule has 0 spiro atoms. The first kappa shape index (κ1) is 15.0. The smallest absolute Gasteiger partial charge is 0.0230 e. The van der Waals surface area contributed by atoms with E-state index in [1.807, 2.05) is 0 Å². The highest BCUT2D eigenvalue weighted by Gasteiger charge is 2.12. The van der Waals surface area contributed by atoms with E-state index in [-0.39, 0.29) is 0 Å². The Balaban J connectivity index is 1.63. The minimum Gasteiger partial charge on any atom is -0.317 e. The molecule has 0 radical (unpaired) electrons. The average Bonchev–Trinajstić information content (AvgIpc) is 2.43. The lowest BCUT2D eigenvalue weighted by Crippen LogP contribution is -2.28. The average molecular weight is 325 g/mol. The molecule has 0 bridgehead atoms. The Bertz CT molecular complexity index is 358. The fourth-order valence-corrected chi connectivity index (χ4v) is 3.07. The van der Waals surface area contributed by atoms with Gasteiger partial charge in [-0.3, -0.25) is 0 Å². The van der Waals surface area contributed by atoms with E-state index in [9.17, 15) is 0 Å². The van der Waals surface area contributed by atoms with E-state index in [4.69, 9.17) is 0 Å². The molecule has 0 aliphatic carbocycles. The van der Waals surface area contributed by atoms with Gasteiger partial charge in [0, 0.05) is 11.0 Å². The molecule has 106 valence electrons. The van der Waals surface area contributed by atoms with Crippen molar-refractivity contribution in [3.05, 3.63) is 34.3 Å². The summed E-state index contributed by atoms with van der Waals surface area (Å²) in [6.07, 6.45) is 5.47. The molecule has 2 nitrogen and oxygen atoms in total. The van der Waals surface area contributed by atoms with Crippen LogP contribution < -0.4 is 5.32 Å². The Morgan fingerprint density at radius 2 is 1.89 bits per heavy atom. The molecule has 0 saturated carbocycles. The summed E-state index contributed by atoms with van der Waals surface area (Å²) in [4.78, 5) is 2.43. The van der Waals surface area contributed by atoms with E-state index in [1.165, 1.54) is 50.9 Å². The van der Waals surface area contributed by atoms with Crippen LogP contribution in [0, 0.1) is 5.92 Å². The van der Waals surface area contributed by atoms with Crippen LogP contribution in [0.15, 0.2) is 28.7 Å². The molecule has 1 aliphatic heterocycles. The highest BCUT2D eigenvalue weighted by Crippen LogP contribution is 2.18. The molecule has 3 heteroatoms. The molecule has 1 aromatic carbocycles. The molecular weight excluding hydrogens is 300 g/mol. The Hall–Kier alpha value is -0.380. The van der Waals surface area contributed by atoms with Gasteiger partial charge < -0.3 is 10.2 Å². The second kappa shape index (κ2) is 8.03. The summed E-state index contributed by atoms with van der Waals surface area (Å²) in [6.45, 7) is 4.71. The number of rotatable bonds is 6. The summed E-state index contributed by atoms with van der Waals surface area (Å²) >= 11 is 3.48. The van der Waals surface area contributed by atoms with Crippen molar-refractivity contribution in [3.8, 4) is 0 Å². The SMILES string of the molecule is CN(CCCC1CCNCC1)Cc1ccc(Br)cc1. The molecular formula is C16H25BrN2. The molecule has 0 atom stereocenters. The Morgan fingerprint density at radius 1 is 1.21 bits per heavy atom. The molecule has 1 N–H and O–H groups in total. The maximum absolute atomic E-state index is 3.48. The zero-order chi connectivity index (χ0) is 13.5. The van der Waals surface area contributed by atoms with E-state index < -0.39 is 0 Å². The van der Waals surface area contributed by atoms with Gasteiger partial charge in [0.25, 0.3) is 0 Å². The first-order valence-corrected chi connectivity index (χ1v) is 8.17. The van der Waals surface area contributed by atoms with Gasteiger partial charge in [-0.2, -0.15) is 0 Å². The van der Waals surface area contributed by atoms with Gasteiger partial charge >= 0.3 is 0 Å². The van der Waals surface area contributed by atoms with Crippen LogP contribution in [0.5, 0.6) is 0 Å². The summed E-state index contributed by atoms with van der Waals surface area (Å²) in [5.74, 6) is 0.960. The quantitative estimate of drug-likeness (QED) is 0.859. The lowest BCUT2D eigenvalue weighted by molar-refractivity contribution is 0.286. The molecule has 1 saturated heterocycles. The van der Waals surface area contributed by atoms with Crippen molar-refractivity contribution in [1.29, 1.82) is 0 Å². The van der Waals surface area contributed by atoms with Gasteiger partial charge in [-0.05, 0) is 76.0 Å². The van der Waals surface area contributed by atoms with E-state index in [1.54, 1.807) is 0 Å². The number of nitrogens with zero attached hydrogens (tertiary/aromatic N) is 1. The predicted molar refractivity (Wildman–Crippen MR) is 85.3 cm³/mol. The first-order chi connectivity index (χ1) is 9.24. The minimum atomic E-state index is 0.960. The monoisotopic (exact) mass is 324 g/mol. The van der Waals surface area contributed by atoms with Crippen LogP contribution >= 0.6 is 15.9 Å². The number of hydrogen-bond acceptors (Lipinski definition) is 2. The van der Waals surface area contributed by atoms with Gasteiger partial charge in [-0.15, -0.1) is 0 Å². The summed E-state index contributed by atoms with van der Waals surface area (Å²) in [5.41, 5.74) is 1.40. The van der Waals surface area contributed by atoms with E-state index in [0.717, 1.165) is 16.9 Å². The summed E-state index contributed by atoms with van der Waals surface area (Å²) in [5, 5.41) is 3.44. The van der Waals surface area contributed by atoms with Crippen molar-refractivity contribution in [3.63, 3.8) is 0 Å². The van der Waals surface area contributed by atoms with Crippen LogP contribution in [0.4, 0.5) is 0 Å². The highest BCUT2D eigenvalue weighted by molar-refractivity contribution is 9.10. The van der Waals surface area contributed by atoms with Crippen molar-refractivity contribution < 1.29 is 0 Å². The van der Waals surface area contributed by atoms with Crippen LogP contribution in [0.2, 0.25) is 0 Å². The molecule has 1 aliphatic rings. The van der Waals surface area contributed by atoms with Crippen molar-refractivity contribution in [2.75, 3.05) is 26.7 Å². The Labute approximate surface area is 125 Å². The van der Waals surface area contributed by atoms with Gasteiger partial charge in [0.05, 0.1) is 0 Å². The number of nitrogens with one attached hydrogen (secondary N) is 1. The maximum atomic E-state index is 3.48. The fourth-order valence-electron chi connectivity index (χ4n) is 2.80. The first-order valence-electron chi connectivity index (χ1n) is 7.38. The molecule has 1 aromatic rings. The van der Waals surface area contributed by atoms with Crippen molar-refractivity contribution in [2.45, 2.75) is 32.2 Å². The van der Waals surface area contributed by atoms with Crippen LogP contribution in [0.25, 0.3) is 0 Å². The summed E-state index contributed by atoms with van der Waals surface area (Å²) < 4.78 is 1.16. The van der Waals surface area contributed by atoms with Gasteiger partial charge in [-0.1, -0.05) is 28.1 Å². The molecule has 1 heterocycles. The number of piperidine rings is 1. The van der Waals surface area contributed by atoms with E-state index in [0.29, 0.717) is 0 Å². The van der Waals surface area contributed by atoms with Crippen LogP contribution in [0.1, 0.15) is 31.2 Å². The van der Waals surface area contributed by atoms with Crippen LogP contribution in [0.3, 0.4) is 0 Å². The van der Waals surface area contributed by atoms with Crippen LogP contribution in [-0.4, -0.2) is 31.6 Å². The lowest BCUT2D eigenvalue weighted by atomic mass is 9.93. The standard InChI is InChI=1S/C16H25BrN2/c1-19(13-15-4-6-16(17)7-5-15)12-2-3-14-8-10-18-11-9-14/h4-7,14,18H,2-3,8-13H2,1H3. The topological polar surface area (TPSA) is 15.3 Å². The van der Waals surface area contributed by atoms with Gasteiger partial charge in [-0.25, -0.2) is 0 Å². The Morgan fingerprint density at radius 3 is 2.58 bits per heavy atom. The lowest BCUT2D eigenvalue weighted by Gasteiger charge is -2.23. The third-order valence-corrected chi connectivity index (χ3v) is 4.51. The van der Waals surface area contributed by atoms with Gasteiger partial charge in [0.1, 0.15) is 0 Å². The minimum absolute atomic E-state index is 0.960. The van der Waals surface area contributed by atoms with Crippen molar-refractivity contribution in [2.24, 2.45) is 5.92 Å². The largest absolute Gasteiger partial charge is 0.317 e. The summed E-state index contributed by atoms with van der Waals surface area (Å²) in [6, 6.07) is 8.65. The van der Waals surface area contributed by atoms with Crippen molar-refractivity contribution in [1.82, 2.24) is 10.2 Å². The third kappa shape index (κ3) is 5.64. The number of benzene rings is 1. The molecule has 0 aromatic heterocycles. The predicted octanol–water partition coefficient (Wildman–Crippen LogP) is 3.66. The van der Waals surface area contributed by atoms with Gasteiger partial charge in [0.2, 0.25) is 0 Å². The fraction of sp³-hybridized carbons (Fsp3) is 0.625. The van der Waals surface area contributed by atoms with E-state index in [2.05, 4.69) is 57.5 Å². The van der Waals surface area contributed by atoms with Gasteiger partial charge in [0.15, 0.2) is 0 Å². The molecule has 0 amide bonds. The summed E-state index contributed by atoms with van der Waals surface area (Å²) in [7, 11) is 2.23. The zero-order valence-electron chi connectivity index (χ0n) is 11.9. The molecule has 19 heavy (non-hydrogen) atoms. The van der Waals surface area contributed by atoms with E-state index >= 15 is 0 Å². The molecule has 1 fully saturated rings. The van der Waals surface area contributed by atoms with Crippen molar-refractivity contribution >= 4 is 15.9 Å². The number of hydrogen-bond donors (Lipinski definition) is 1. The normalized spacial score (nSPS) is 17.0. The zero-order valence-corrected chi connectivity index (χ0v) is 13.5. The second-order valence-corrected chi connectivity index (χ2v) is 6.62. The molecule has 2 rings (SSSR count). The maximum Gasteiger partial charge on any atom is 0.0230 e. The highest BCUT2D eigenvalue weighted by atomic mass is 79.9. The third-order valence-electron chi connectivity index (χ3n) is 3.98. The number of halogens is 1. The second-order valence-electron chi connectivity index (χ2n) is 5.70. The Kier molecular flexibility index (Phi) is 6.35. The molecule has 0 unspecified atom stereocenters. The van der Waals surface area contributed by atoms with Crippen LogP contribution in [-0.2, 0) is 6.54 Å².